The van der Waals surface area contributed by atoms with Crippen molar-refractivity contribution in [2.45, 2.75) is 44.0 Å². The van der Waals surface area contributed by atoms with E-state index in [0.717, 1.165) is 16.2 Å². The molecule has 2 aliphatic rings. The van der Waals surface area contributed by atoms with Crippen molar-refractivity contribution in [2.24, 2.45) is 10.9 Å². The number of rotatable bonds is 14. The number of nitrogens with two attached hydrogens (primary N) is 2. The number of thiazole rings is 1. The standard InChI is InChI=1S/C27H29ClN10O8S2/c1-11(25(42)43)46-35-15(14-18(28)48-27(30)33-14)22(40)32-16-23(41)38-17(26(44)45)12(10-47-24(16)38)9-36-7-3-5-13-20(36)34-21(19(29)39)37(13)8-4-6-31-2/h3,5,7,11,16,24,31H,4,6,8-10H2,1-2H3,(H6-,29,30,32,33,39,40,42,43,44,45)/b35-15-/t11-,16?,24?/m0/s1. The van der Waals surface area contributed by atoms with Crippen molar-refractivity contribution in [1.82, 2.24) is 30.1 Å². The van der Waals surface area contributed by atoms with E-state index in [1.165, 1.54) is 18.7 Å². The van der Waals surface area contributed by atoms with Gasteiger partial charge in [0.2, 0.25) is 6.10 Å². The summed E-state index contributed by atoms with van der Waals surface area (Å²) < 4.78 is 3.32. The number of aryl methyl sites for hydroxylation is 1. The summed E-state index contributed by atoms with van der Waals surface area (Å²) in [5.41, 5.74) is 11.6. The van der Waals surface area contributed by atoms with E-state index in [1.807, 2.05) is 7.05 Å². The molecular weight excluding hydrogens is 692 g/mol. The number of hydrogen-bond donors (Lipinski definition) is 5. The lowest BCUT2D eigenvalue weighted by Crippen LogP contribution is -2.71. The summed E-state index contributed by atoms with van der Waals surface area (Å²) in [5.74, 6) is -5.22. The maximum Gasteiger partial charge on any atom is 0.350 e. The fraction of sp³-hybridized carbons (Fsp3) is 0.370. The highest BCUT2D eigenvalue weighted by Crippen LogP contribution is 2.40. The molecule has 3 amide bonds. The number of β-lactam (4-membered cyclic amide) rings is 1. The number of amides is 3. The average Bonchev–Trinajstić information content (AvgIpc) is 3.58. The van der Waals surface area contributed by atoms with Crippen LogP contribution in [0.2, 0.25) is 4.34 Å². The number of hydrogen-bond acceptors (Lipinski definition) is 14. The Morgan fingerprint density at radius 3 is 2.71 bits per heavy atom. The Morgan fingerprint density at radius 2 is 2.08 bits per heavy atom. The molecule has 0 aliphatic carbocycles. The van der Waals surface area contributed by atoms with Gasteiger partial charge in [-0.05, 0) is 44.1 Å². The third kappa shape index (κ3) is 6.64. The van der Waals surface area contributed by atoms with Crippen molar-refractivity contribution in [3.63, 3.8) is 0 Å². The maximum absolute atomic E-state index is 13.4. The number of carboxylic acid groups (broad SMARTS) is 2. The number of anilines is 1. The van der Waals surface area contributed by atoms with E-state index in [1.54, 1.807) is 27.5 Å². The number of aliphatic carboxylic acids is 2. The number of nitrogens with one attached hydrogen (secondary N) is 2. The van der Waals surface area contributed by atoms with E-state index in [-0.39, 0.29) is 39.0 Å². The third-order valence-electron chi connectivity index (χ3n) is 7.39. The van der Waals surface area contributed by atoms with Crippen LogP contribution >= 0.6 is 34.7 Å². The summed E-state index contributed by atoms with van der Waals surface area (Å²) in [6, 6.07) is 2.30. The molecule has 5 rings (SSSR count). The minimum atomic E-state index is -1.60. The summed E-state index contributed by atoms with van der Waals surface area (Å²) >= 11 is 8.20. The van der Waals surface area contributed by atoms with Crippen molar-refractivity contribution in [3.05, 3.63) is 45.5 Å². The van der Waals surface area contributed by atoms with E-state index >= 15 is 0 Å². The smallest absolute Gasteiger partial charge is 0.350 e. The number of fused-ring (bicyclic) bond motifs is 2. The van der Waals surface area contributed by atoms with Gasteiger partial charge in [0, 0.05) is 17.9 Å². The van der Waals surface area contributed by atoms with Gasteiger partial charge >= 0.3 is 23.3 Å². The summed E-state index contributed by atoms with van der Waals surface area (Å²) in [5, 5.41) is 29.9. The van der Waals surface area contributed by atoms with Gasteiger partial charge in [0.05, 0.1) is 17.9 Å². The first-order chi connectivity index (χ1) is 22.8. The Bertz CT molecular complexity index is 1890. The predicted molar refractivity (Wildman–Crippen MR) is 170 cm³/mol. The van der Waals surface area contributed by atoms with Crippen LogP contribution in [0.1, 0.15) is 29.7 Å². The zero-order valence-electron chi connectivity index (χ0n) is 25.3. The third-order valence-corrected chi connectivity index (χ3v) is 9.81. The van der Waals surface area contributed by atoms with Gasteiger partial charge in [-0.1, -0.05) is 28.1 Å². The minimum absolute atomic E-state index is 0.00738. The number of carbonyl (C=O) groups excluding carboxylic acids is 4. The Morgan fingerprint density at radius 1 is 1.33 bits per heavy atom. The number of nitrogen functional groups attached to an aromatic ring is 1. The molecule has 5 heterocycles. The van der Waals surface area contributed by atoms with Crippen LogP contribution in [0.5, 0.6) is 0 Å². The minimum Gasteiger partial charge on any atom is -0.543 e. The number of oxime groups is 1. The molecule has 0 aromatic carbocycles. The first-order valence-corrected chi connectivity index (χ1v) is 16.5. The lowest BCUT2D eigenvalue weighted by molar-refractivity contribution is -0.664. The maximum atomic E-state index is 13.4. The highest BCUT2D eigenvalue weighted by Gasteiger charge is 2.53. The molecule has 7 N–H and O–H groups in total. The summed E-state index contributed by atoms with van der Waals surface area (Å²) in [4.78, 5) is 77.0. The van der Waals surface area contributed by atoms with E-state index in [4.69, 9.17) is 33.0 Å². The van der Waals surface area contributed by atoms with Crippen LogP contribution in [-0.2, 0) is 37.1 Å². The molecule has 0 spiro atoms. The molecule has 3 aromatic rings. The number of carbonyl (C=O) groups is 5. The first kappa shape index (κ1) is 34.5. The largest absolute Gasteiger partial charge is 0.543 e. The lowest BCUT2D eigenvalue weighted by atomic mass is 10.0. The molecule has 48 heavy (non-hydrogen) atoms. The van der Waals surface area contributed by atoms with E-state index in [0.29, 0.717) is 36.2 Å². The molecule has 21 heteroatoms. The fourth-order valence-electron chi connectivity index (χ4n) is 5.13. The molecule has 0 radical (unpaired) electrons. The summed E-state index contributed by atoms with van der Waals surface area (Å²) in [7, 11) is 1.81. The van der Waals surface area contributed by atoms with Crippen LogP contribution in [0.15, 0.2) is 34.8 Å². The zero-order valence-corrected chi connectivity index (χ0v) is 27.7. The van der Waals surface area contributed by atoms with Crippen LogP contribution in [0.4, 0.5) is 5.13 Å². The predicted octanol–water partition coefficient (Wildman–Crippen LogP) is -1.98. The SMILES string of the molecule is CNCCCn1c(C(N)=O)nc2c1ccc[n+]2CC1=C(C(=O)[O-])N2C(=O)C(NC(=O)/C(=N\O[C@@H](C)C(=O)O)c3nc(N)sc3Cl)C2SC1. The van der Waals surface area contributed by atoms with Crippen molar-refractivity contribution < 1.29 is 43.6 Å². The molecule has 18 nitrogen and oxygen atoms in total. The second-order valence-electron chi connectivity index (χ2n) is 10.6. The van der Waals surface area contributed by atoms with Crippen molar-refractivity contribution >= 4 is 86.4 Å². The van der Waals surface area contributed by atoms with Crippen LogP contribution < -0.4 is 31.8 Å². The van der Waals surface area contributed by atoms with Gasteiger partial charge in [-0.25, -0.2) is 14.3 Å². The van der Waals surface area contributed by atoms with Crippen LogP contribution in [0, 0.1) is 0 Å². The number of primary amides is 1. The van der Waals surface area contributed by atoms with Crippen molar-refractivity contribution in [1.29, 1.82) is 0 Å². The van der Waals surface area contributed by atoms with Gasteiger partial charge in [-0.2, -0.15) is 0 Å². The highest BCUT2D eigenvalue weighted by molar-refractivity contribution is 8.00. The Kier molecular flexibility index (Phi) is 10.2. The summed E-state index contributed by atoms with van der Waals surface area (Å²) in [6.45, 7) is 2.32. The van der Waals surface area contributed by atoms with E-state index in [9.17, 15) is 29.1 Å². The summed E-state index contributed by atoms with van der Waals surface area (Å²) in [6.07, 6.45) is 0.918. The number of halogens is 1. The Balaban J connectivity index is 1.41. The van der Waals surface area contributed by atoms with Crippen molar-refractivity contribution in [3.8, 4) is 0 Å². The number of carboxylic acids is 2. The molecule has 0 bridgehead atoms. The number of nitrogens with zero attached hydrogens (tertiary/aromatic N) is 6. The quantitative estimate of drug-likeness (QED) is 0.0398. The van der Waals surface area contributed by atoms with E-state index < -0.39 is 52.9 Å². The van der Waals surface area contributed by atoms with Gasteiger partial charge in [0.1, 0.15) is 33.5 Å². The number of imidazole rings is 1. The first-order valence-electron chi connectivity index (χ1n) is 14.2. The van der Waals surface area contributed by atoms with Gasteiger partial charge in [-0.15, -0.1) is 11.8 Å². The molecule has 254 valence electrons. The molecule has 2 aliphatic heterocycles. The van der Waals surface area contributed by atoms with Gasteiger partial charge in [-0.3, -0.25) is 23.9 Å². The van der Waals surface area contributed by atoms with Crippen LogP contribution in [0.3, 0.4) is 0 Å². The van der Waals surface area contributed by atoms with Gasteiger partial charge in [0.25, 0.3) is 11.8 Å². The average molecular weight is 721 g/mol. The van der Waals surface area contributed by atoms with Gasteiger partial charge < -0.3 is 41.9 Å². The number of aromatic nitrogens is 4. The van der Waals surface area contributed by atoms with Crippen LogP contribution in [-0.4, -0.2) is 96.8 Å². The van der Waals surface area contributed by atoms with Gasteiger partial charge in [0.15, 0.2) is 10.8 Å². The lowest BCUT2D eigenvalue weighted by Gasteiger charge is -2.50. The number of thioether (sulfide) groups is 1. The van der Waals surface area contributed by atoms with Crippen molar-refractivity contribution in [2.75, 3.05) is 25.1 Å². The Labute approximate surface area is 284 Å². The zero-order chi connectivity index (χ0) is 34.9. The molecule has 2 unspecified atom stereocenters. The molecular formula is C27H29ClN10O8S2. The molecule has 0 saturated carbocycles. The number of pyridine rings is 1. The second kappa shape index (κ2) is 14.1. The molecule has 3 atom stereocenters. The fourth-order valence-corrected chi connectivity index (χ4v) is 7.40. The monoisotopic (exact) mass is 720 g/mol. The van der Waals surface area contributed by atoms with Crippen LogP contribution in [0.25, 0.3) is 11.2 Å². The highest BCUT2D eigenvalue weighted by atomic mass is 35.5. The molecule has 3 aromatic heterocycles. The Hall–Kier alpha value is -4.79. The topological polar surface area (TPSA) is 264 Å². The molecule has 1 saturated heterocycles. The normalized spacial score (nSPS) is 18.4. The molecule has 1 fully saturated rings. The second-order valence-corrected chi connectivity index (χ2v) is 13.3. The van der Waals surface area contributed by atoms with E-state index in [2.05, 4.69) is 25.8 Å².